The van der Waals surface area contributed by atoms with E-state index in [1.54, 1.807) is 0 Å². The molecule has 0 saturated heterocycles. The molecule has 0 bridgehead atoms. The first-order chi connectivity index (χ1) is 13.2. The van der Waals surface area contributed by atoms with Gasteiger partial charge in [0, 0.05) is 5.92 Å². The first-order valence-corrected chi connectivity index (χ1v) is 9.09. The maximum Gasteiger partial charge on any atom is 0.325 e. The molecule has 3 N–H and O–H groups in total. The largest absolute Gasteiger partial charge is 0.463 e. The van der Waals surface area contributed by atoms with Crippen molar-refractivity contribution in [3.05, 3.63) is 59.7 Å². The Morgan fingerprint density at radius 3 is 2.19 bits per heavy atom. The molecule has 144 valence electrons. The Balaban J connectivity index is 1.52. The lowest BCUT2D eigenvalue weighted by molar-refractivity contribution is -0.147. The van der Waals surface area contributed by atoms with Crippen molar-refractivity contribution < 1.29 is 24.1 Å². The Morgan fingerprint density at radius 2 is 1.56 bits per heavy atom. The maximum atomic E-state index is 12.2. The van der Waals surface area contributed by atoms with Gasteiger partial charge in [-0.15, -0.1) is 0 Å². The highest BCUT2D eigenvalue weighted by Crippen LogP contribution is 2.44. The Hall–Kier alpha value is -2.25. The highest BCUT2D eigenvalue weighted by Gasteiger charge is 2.29. The molecule has 27 heavy (non-hydrogen) atoms. The third-order valence-electron chi connectivity index (χ3n) is 4.56. The summed E-state index contributed by atoms with van der Waals surface area (Å²) in [7, 11) is 0. The van der Waals surface area contributed by atoms with Gasteiger partial charge in [0.2, 0.25) is 0 Å². The summed E-state index contributed by atoms with van der Waals surface area (Å²) in [5.41, 5.74) is 10.5. The van der Waals surface area contributed by atoms with E-state index in [0.717, 1.165) is 11.1 Å². The van der Waals surface area contributed by atoms with Crippen LogP contribution in [-0.4, -0.2) is 56.8 Å². The summed E-state index contributed by atoms with van der Waals surface area (Å²) in [5.74, 6) is -0.463. The third-order valence-corrected chi connectivity index (χ3v) is 4.56. The SMILES string of the molecule is NC(COCCOCCO)C(=O)OCC1c2ccccc2-c2ccccc21. The molecule has 0 fully saturated rings. The van der Waals surface area contributed by atoms with Gasteiger partial charge in [0.15, 0.2) is 0 Å². The molecule has 0 radical (unpaired) electrons. The van der Waals surface area contributed by atoms with Crippen molar-refractivity contribution in [3.8, 4) is 11.1 Å². The minimum absolute atomic E-state index is 0.0151. The van der Waals surface area contributed by atoms with Gasteiger partial charge in [-0.1, -0.05) is 48.5 Å². The fourth-order valence-corrected chi connectivity index (χ4v) is 3.27. The van der Waals surface area contributed by atoms with Gasteiger partial charge in [0.1, 0.15) is 12.6 Å². The molecule has 2 aromatic rings. The molecule has 0 saturated carbocycles. The molecule has 2 aromatic carbocycles. The molecular weight excluding hydrogens is 346 g/mol. The number of aliphatic hydroxyl groups is 1. The number of carbonyl (C=O) groups is 1. The van der Waals surface area contributed by atoms with Gasteiger partial charge in [-0.05, 0) is 22.3 Å². The van der Waals surface area contributed by atoms with E-state index in [4.69, 9.17) is 25.1 Å². The highest BCUT2D eigenvalue weighted by molar-refractivity contribution is 5.79. The predicted molar refractivity (Wildman–Crippen MR) is 101 cm³/mol. The second kappa shape index (κ2) is 9.62. The number of ether oxygens (including phenoxy) is 3. The van der Waals surface area contributed by atoms with Gasteiger partial charge >= 0.3 is 5.97 Å². The van der Waals surface area contributed by atoms with Crippen LogP contribution in [0.3, 0.4) is 0 Å². The zero-order valence-electron chi connectivity index (χ0n) is 15.2. The van der Waals surface area contributed by atoms with Crippen LogP contribution in [-0.2, 0) is 19.0 Å². The molecule has 3 rings (SSSR count). The van der Waals surface area contributed by atoms with E-state index in [0.29, 0.717) is 13.2 Å². The Kier molecular flexibility index (Phi) is 6.95. The van der Waals surface area contributed by atoms with E-state index in [9.17, 15) is 4.79 Å². The lowest BCUT2D eigenvalue weighted by Crippen LogP contribution is -2.37. The van der Waals surface area contributed by atoms with E-state index in [2.05, 4.69) is 24.3 Å². The summed E-state index contributed by atoms with van der Waals surface area (Å²) in [4.78, 5) is 12.2. The van der Waals surface area contributed by atoms with Crippen LogP contribution in [0, 0.1) is 0 Å². The molecule has 1 aliphatic carbocycles. The zero-order chi connectivity index (χ0) is 19.1. The van der Waals surface area contributed by atoms with Gasteiger partial charge in [-0.3, -0.25) is 4.79 Å². The number of aliphatic hydroxyl groups excluding tert-OH is 1. The number of esters is 1. The Morgan fingerprint density at radius 1 is 0.963 bits per heavy atom. The topological polar surface area (TPSA) is 91.0 Å². The molecule has 6 nitrogen and oxygen atoms in total. The van der Waals surface area contributed by atoms with Crippen molar-refractivity contribution in [2.75, 3.05) is 39.6 Å². The quantitative estimate of drug-likeness (QED) is 0.488. The van der Waals surface area contributed by atoms with Crippen molar-refractivity contribution in [3.63, 3.8) is 0 Å². The standard InChI is InChI=1S/C21H25NO5/c22-20(14-26-12-11-25-10-9-23)21(24)27-13-19-17-7-3-1-5-15(17)16-6-2-4-8-18(16)19/h1-8,19-20,23H,9-14,22H2. The van der Waals surface area contributed by atoms with Gasteiger partial charge in [0.25, 0.3) is 0 Å². The summed E-state index contributed by atoms with van der Waals surface area (Å²) in [6.45, 7) is 1.21. The fraction of sp³-hybridized carbons (Fsp3) is 0.381. The minimum Gasteiger partial charge on any atom is -0.463 e. The van der Waals surface area contributed by atoms with E-state index >= 15 is 0 Å². The first kappa shape index (κ1) is 19.5. The van der Waals surface area contributed by atoms with Crippen LogP contribution in [0.5, 0.6) is 0 Å². The molecule has 0 heterocycles. The monoisotopic (exact) mass is 371 g/mol. The number of fused-ring (bicyclic) bond motifs is 3. The Labute approximate surface area is 158 Å². The molecule has 0 aliphatic heterocycles. The number of benzene rings is 2. The van der Waals surface area contributed by atoms with Crippen molar-refractivity contribution in [2.45, 2.75) is 12.0 Å². The van der Waals surface area contributed by atoms with Crippen molar-refractivity contribution in [2.24, 2.45) is 5.73 Å². The van der Waals surface area contributed by atoms with Crippen molar-refractivity contribution >= 4 is 5.97 Å². The predicted octanol–water partition coefficient (Wildman–Crippen LogP) is 1.69. The number of hydrogen-bond donors (Lipinski definition) is 2. The average Bonchev–Trinajstić information content (AvgIpc) is 3.02. The number of nitrogens with two attached hydrogens (primary N) is 1. The average molecular weight is 371 g/mol. The molecule has 1 unspecified atom stereocenters. The van der Waals surface area contributed by atoms with Crippen LogP contribution in [0.4, 0.5) is 0 Å². The molecule has 1 atom stereocenters. The lowest BCUT2D eigenvalue weighted by atomic mass is 9.98. The fourth-order valence-electron chi connectivity index (χ4n) is 3.27. The summed E-state index contributed by atoms with van der Waals surface area (Å²) < 4.78 is 15.9. The van der Waals surface area contributed by atoms with Gasteiger partial charge in [0.05, 0.1) is 33.0 Å². The number of hydrogen-bond acceptors (Lipinski definition) is 6. The van der Waals surface area contributed by atoms with Crippen LogP contribution in [0.15, 0.2) is 48.5 Å². The van der Waals surface area contributed by atoms with Crippen LogP contribution in [0.2, 0.25) is 0 Å². The van der Waals surface area contributed by atoms with Crippen LogP contribution in [0.25, 0.3) is 11.1 Å². The molecule has 0 spiro atoms. The molecule has 0 aromatic heterocycles. The van der Waals surface area contributed by atoms with Crippen LogP contribution in [0.1, 0.15) is 17.0 Å². The second-order valence-corrected chi connectivity index (χ2v) is 6.37. The van der Waals surface area contributed by atoms with Crippen molar-refractivity contribution in [1.82, 2.24) is 0 Å². The normalized spacial score (nSPS) is 13.9. The lowest BCUT2D eigenvalue weighted by Gasteiger charge is -2.16. The van der Waals surface area contributed by atoms with Gasteiger partial charge in [-0.2, -0.15) is 0 Å². The number of carbonyl (C=O) groups excluding carboxylic acids is 1. The first-order valence-electron chi connectivity index (χ1n) is 9.09. The van der Waals surface area contributed by atoms with E-state index in [1.807, 2.05) is 24.3 Å². The second-order valence-electron chi connectivity index (χ2n) is 6.37. The smallest absolute Gasteiger partial charge is 0.325 e. The van der Waals surface area contributed by atoms with E-state index < -0.39 is 12.0 Å². The minimum atomic E-state index is -0.838. The maximum absolute atomic E-state index is 12.2. The van der Waals surface area contributed by atoms with E-state index in [1.165, 1.54) is 11.1 Å². The van der Waals surface area contributed by atoms with E-state index in [-0.39, 0.29) is 32.3 Å². The van der Waals surface area contributed by atoms with Crippen LogP contribution < -0.4 is 5.73 Å². The summed E-state index contributed by atoms with van der Waals surface area (Å²) in [6, 6.07) is 15.5. The summed E-state index contributed by atoms with van der Waals surface area (Å²) in [5, 5.41) is 8.61. The van der Waals surface area contributed by atoms with Crippen LogP contribution >= 0.6 is 0 Å². The third kappa shape index (κ3) is 4.73. The summed E-state index contributed by atoms with van der Waals surface area (Å²) in [6.07, 6.45) is 0. The molecular formula is C21H25NO5. The molecule has 1 aliphatic rings. The van der Waals surface area contributed by atoms with Crippen molar-refractivity contribution in [1.29, 1.82) is 0 Å². The zero-order valence-corrected chi connectivity index (χ0v) is 15.2. The van der Waals surface area contributed by atoms with Gasteiger partial charge in [-0.25, -0.2) is 0 Å². The molecule has 0 amide bonds. The number of rotatable bonds is 10. The Bertz CT molecular complexity index is 718. The highest BCUT2D eigenvalue weighted by atomic mass is 16.5. The molecule has 6 heteroatoms. The van der Waals surface area contributed by atoms with Gasteiger partial charge < -0.3 is 25.1 Å². The summed E-state index contributed by atoms with van der Waals surface area (Å²) >= 11 is 0.